The van der Waals surface area contributed by atoms with E-state index in [2.05, 4.69) is 5.32 Å². The molecule has 94 valence electrons. The Morgan fingerprint density at radius 3 is 2.76 bits per heavy atom. The number of halogens is 1. The summed E-state index contributed by atoms with van der Waals surface area (Å²) in [6.07, 6.45) is 2.32. The first kappa shape index (κ1) is 13.8. The topological polar surface area (TPSA) is 61.7 Å². The molecule has 0 saturated heterocycles. The number of ether oxygens (including phenoxy) is 1. The van der Waals surface area contributed by atoms with Gasteiger partial charge in [0.1, 0.15) is 0 Å². The molecule has 0 aromatic heterocycles. The molecule has 0 aliphatic heterocycles. The average Bonchev–Trinajstić information content (AvgIpc) is 2.24. The van der Waals surface area contributed by atoms with E-state index in [1.807, 2.05) is 13.0 Å². The summed E-state index contributed by atoms with van der Waals surface area (Å²) in [5.74, 6) is -2.20. The third-order valence-electron chi connectivity index (χ3n) is 2.09. The predicted molar refractivity (Wildman–Crippen MR) is 67.7 cm³/mol. The van der Waals surface area contributed by atoms with Crippen molar-refractivity contribution in [2.45, 2.75) is 19.8 Å². The van der Waals surface area contributed by atoms with Gasteiger partial charge in [-0.15, -0.1) is 0 Å². The molecule has 0 saturated carbocycles. The van der Waals surface area contributed by atoms with Crippen LogP contribution in [-0.4, -0.2) is 22.7 Å². The van der Waals surface area contributed by atoms with Crippen LogP contribution < -0.4 is 5.32 Å². The third-order valence-corrected chi connectivity index (χ3v) is 2.41. The molecule has 1 aromatic carbocycles. The number of hydrogen-bond donors (Lipinski definition) is 3. The highest BCUT2D eigenvalue weighted by Crippen LogP contribution is 2.27. The van der Waals surface area contributed by atoms with Crippen LogP contribution in [0.4, 0.5) is 5.69 Å². The Hall–Kier alpha value is -1.23. The standard InChI is InChI=1S/C12H16ClNO3/c1-3-17-8-7-12(15,16)14-11-9(2)5-4-6-10(11)13/h4-8,14-16H,3H2,1-2H3/b8-7+. The minimum absolute atomic E-state index is 0.419. The van der Waals surface area contributed by atoms with Crippen LogP contribution in [0.1, 0.15) is 12.5 Å². The smallest absolute Gasteiger partial charge is 0.268 e. The van der Waals surface area contributed by atoms with Gasteiger partial charge in [0, 0.05) is 6.08 Å². The second-order valence-electron chi connectivity index (χ2n) is 3.54. The molecule has 17 heavy (non-hydrogen) atoms. The molecule has 0 heterocycles. The molecule has 0 fully saturated rings. The Morgan fingerprint density at radius 1 is 1.47 bits per heavy atom. The van der Waals surface area contributed by atoms with Gasteiger partial charge < -0.3 is 20.3 Å². The summed E-state index contributed by atoms with van der Waals surface area (Å²) in [6.45, 7) is 4.07. The van der Waals surface area contributed by atoms with Crippen molar-refractivity contribution in [3.8, 4) is 0 Å². The van der Waals surface area contributed by atoms with Gasteiger partial charge in [-0.05, 0) is 25.5 Å². The van der Waals surface area contributed by atoms with E-state index in [0.29, 0.717) is 17.3 Å². The zero-order chi connectivity index (χ0) is 12.9. The van der Waals surface area contributed by atoms with Crippen molar-refractivity contribution in [2.24, 2.45) is 0 Å². The fourth-order valence-corrected chi connectivity index (χ4v) is 1.52. The predicted octanol–water partition coefficient (Wildman–Crippen LogP) is 2.25. The van der Waals surface area contributed by atoms with Crippen molar-refractivity contribution in [3.63, 3.8) is 0 Å². The van der Waals surface area contributed by atoms with Gasteiger partial charge in [-0.3, -0.25) is 0 Å². The number of para-hydroxylation sites is 1. The van der Waals surface area contributed by atoms with E-state index in [1.165, 1.54) is 6.26 Å². The lowest BCUT2D eigenvalue weighted by molar-refractivity contribution is -0.0933. The van der Waals surface area contributed by atoms with Gasteiger partial charge in [0.2, 0.25) is 0 Å². The highest BCUT2D eigenvalue weighted by molar-refractivity contribution is 6.33. The number of nitrogens with one attached hydrogen (secondary N) is 1. The number of aliphatic hydroxyl groups is 2. The highest BCUT2D eigenvalue weighted by Gasteiger charge is 2.21. The summed E-state index contributed by atoms with van der Waals surface area (Å²) < 4.78 is 4.89. The molecular weight excluding hydrogens is 242 g/mol. The molecule has 4 nitrogen and oxygen atoms in total. The number of aryl methyl sites for hydroxylation is 1. The van der Waals surface area contributed by atoms with Gasteiger partial charge in [-0.25, -0.2) is 0 Å². The molecule has 0 radical (unpaired) electrons. The number of hydrogen-bond acceptors (Lipinski definition) is 4. The van der Waals surface area contributed by atoms with Crippen molar-refractivity contribution in [1.82, 2.24) is 0 Å². The lowest BCUT2D eigenvalue weighted by Crippen LogP contribution is -2.35. The van der Waals surface area contributed by atoms with E-state index in [0.717, 1.165) is 11.6 Å². The lowest BCUT2D eigenvalue weighted by Gasteiger charge is -2.22. The molecule has 3 N–H and O–H groups in total. The monoisotopic (exact) mass is 257 g/mol. The van der Waals surface area contributed by atoms with Crippen LogP contribution in [0.15, 0.2) is 30.5 Å². The fraction of sp³-hybridized carbons (Fsp3) is 0.333. The zero-order valence-electron chi connectivity index (χ0n) is 9.77. The van der Waals surface area contributed by atoms with E-state index >= 15 is 0 Å². The molecule has 0 aliphatic rings. The molecule has 0 bridgehead atoms. The van der Waals surface area contributed by atoms with Crippen LogP contribution in [0.3, 0.4) is 0 Å². The van der Waals surface area contributed by atoms with E-state index in [1.54, 1.807) is 19.1 Å². The molecule has 0 unspecified atom stereocenters. The maximum absolute atomic E-state index is 9.66. The lowest BCUT2D eigenvalue weighted by atomic mass is 10.2. The van der Waals surface area contributed by atoms with Crippen molar-refractivity contribution in [1.29, 1.82) is 0 Å². The summed E-state index contributed by atoms with van der Waals surface area (Å²) in [6, 6.07) is 5.27. The van der Waals surface area contributed by atoms with Crippen LogP contribution in [-0.2, 0) is 4.74 Å². The van der Waals surface area contributed by atoms with Gasteiger partial charge in [0.25, 0.3) is 5.91 Å². The first-order valence-electron chi connectivity index (χ1n) is 5.23. The average molecular weight is 258 g/mol. The summed E-state index contributed by atoms with van der Waals surface area (Å²) in [5, 5.41) is 22.3. The van der Waals surface area contributed by atoms with E-state index < -0.39 is 5.91 Å². The third kappa shape index (κ3) is 4.26. The molecular formula is C12H16ClNO3. The number of rotatable bonds is 5. The summed E-state index contributed by atoms with van der Waals surface area (Å²) in [7, 11) is 0. The Balaban J connectivity index is 2.82. The molecule has 5 heteroatoms. The van der Waals surface area contributed by atoms with E-state index in [9.17, 15) is 10.2 Å². The molecule has 0 aliphatic carbocycles. The molecule has 1 rings (SSSR count). The Kier molecular flexibility index (Phi) is 4.81. The number of benzene rings is 1. The Bertz CT molecular complexity index is 384. The molecule has 0 amide bonds. The molecule has 1 aromatic rings. The number of anilines is 1. The van der Waals surface area contributed by atoms with Crippen molar-refractivity contribution in [2.75, 3.05) is 11.9 Å². The molecule has 0 atom stereocenters. The van der Waals surface area contributed by atoms with Crippen LogP contribution in [0.5, 0.6) is 0 Å². The van der Waals surface area contributed by atoms with Gasteiger partial charge >= 0.3 is 0 Å². The van der Waals surface area contributed by atoms with Gasteiger partial charge in [-0.1, -0.05) is 23.7 Å². The van der Waals surface area contributed by atoms with Crippen LogP contribution >= 0.6 is 11.6 Å². The summed E-state index contributed by atoms with van der Waals surface area (Å²) in [5.41, 5.74) is 1.29. The van der Waals surface area contributed by atoms with Gasteiger partial charge in [0.05, 0.1) is 23.6 Å². The Morgan fingerprint density at radius 2 is 2.18 bits per heavy atom. The van der Waals surface area contributed by atoms with Crippen molar-refractivity contribution >= 4 is 17.3 Å². The van der Waals surface area contributed by atoms with Gasteiger partial charge in [0.15, 0.2) is 0 Å². The largest absolute Gasteiger partial charge is 0.502 e. The first-order valence-corrected chi connectivity index (χ1v) is 5.61. The van der Waals surface area contributed by atoms with E-state index in [4.69, 9.17) is 16.3 Å². The zero-order valence-corrected chi connectivity index (χ0v) is 10.5. The maximum Gasteiger partial charge on any atom is 0.268 e. The minimum Gasteiger partial charge on any atom is -0.502 e. The van der Waals surface area contributed by atoms with E-state index in [-0.39, 0.29) is 0 Å². The quantitative estimate of drug-likeness (QED) is 0.559. The second kappa shape index (κ2) is 5.91. The summed E-state index contributed by atoms with van der Waals surface area (Å²) >= 11 is 5.96. The van der Waals surface area contributed by atoms with Gasteiger partial charge in [-0.2, -0.15) is 0 Å². The first-order chi connectivity index (χ1) is 7.96. The Labute approximate surface area is 105 Å². The highest BCUT2D eigenvalue weighted by atomic mass is 35.5. The van der Waals surface area contributed by atoms with Crippen molar-refractivity contribution in [3.05, 3.63) is 41.1 Å². The van der Waals surface area contributed by atoms with Crippen LogP contribution in [0.2, 0.25) is 5.02 Å². The maximum atomic E-state index is 9.66. The van der Waals surface area contributed by atoms with Crippen LogP contribution in [0, 0.1) is 6.92 Å². The second-order valence-corrected chi connectivity index (χ2v) is 3.95. The normalized spacial score (nSPS) is 11.8. The minimum atomic E-state index is -2.20. The van der Waals surface area contributed by atoms with Crippen LogP contribution in [0.25, 0.3) is 0 Å². The fourth-order valence-electron chi connectivity index (χ4n) is 1.26. The van der Waals surface area contributed by atoms with Crippen molar-refractivity contribution < 1.29 is 14.9 Å². The summed E-state index contributed by atoms with van der Waals surface area (Å²) in [4.78, 5) is 0. The molecule has 0 spiro atoms. The SMILES string of the molecule is CCO/C=C/C(O)(O)Nc1c(C)cccc1Cl.